The minimum absolute atomic E-state index is 0.0953. The zero-order chi connectivity index (χ0) is 13.8. The number of hydrogen-bond acceptors (Lipinski definition) is 3. The molecule has 2 rings (SSSR count). The monoisotopic (exact) mass is 277 g/mol. The van der Waals surface area contributed by atoms with Crippen LogP contribution in [0.15, 0.2) is 24.3 Å². The summed E-state index contributed by atoms with van der Waals surface area (Å²) in [6.45, 7) is 3.43. The van der Waals surface area contributed by atoms with Gasteiger partial charge in [0, 0.05) is 38.2 Å². The number of hydrogen-bond donors (Lipinski definition) is 1. The van der Waals surface area contributed by atoms with Crippen LogP contribution in [-0.2, 0) is 6.42 Å². The Morgan fingerprint density at radius 2 is 2.00 bits per heavy atom. The van der Waals surface area contributed by atoms with Crippen molar-refractivity contribution in [3.8, 4) is 0 Å². The minimum atomic E-state index is 0.0953. The smallest absolute Gasteiger partial charge is 0.253 e. The molecule has 1 amide bonds. The van der Waals surface area contributed by atoms with E-state index in [1.807, 2.05) is 29.2 Å². The van der Waals surface area contributed by atoms with Crippen LogP contribution in [-0.4, -0.2) is 53.9 Å². The van der Waals surface area contributed by atoms with Gasteiger partial charge in [0.15, 0.2) is 0 Å². The largest absolute Gasteiger partial charge is 0.393 e. The first-order valence-corrected chi connectivity index (χ1v) is 6.82. The number of nitrogens with zero attached hydrogens (tertiary/aromatic N) is 2. The Morgan fingerprint density at radius 3 is 2.63 bits per heavy atom. The summed E-state index contributed by atoms with van der Waals surface area (Å²) >= 11 is 4.90. The lowest BCUT2D eigenvalue weighted by Crippen LogP contribution is -2.47. The van der Waals surface area contributed by atoms with E-state index in [0.29, 0.717) is 11.4 Å². The van der Waals surface area contributed by atoms with Crippen molar-refractivity contribution >= 4 is 23.1 Å². The highest BCUT2D eigenvalue weighted by molar-refractivity contribution is 7.80. The number of carbonyl (C=O) groups excluding carboxylic acids is 1. The van der Waals surface area contributed by atoms with Crippen LogP contribution in [0.4, 0.5) is 0 Å². The van der Waals surface area contributed by atoms with E-state index in [1.54, 1.807) is 0 Å². The molecule has 0 spiro atoms. The molecule has 1 aromatic rings. The van der Waals surface area contributed by atoms with Gasteiger partial charge in [0.05, 0.1) is 4.99 Å². The van der Waals surface area contributed by atoms with Crippen LogP contribution in [0.25, 0.3) is 0 Å². The predicted octanol–water partition coefficient (Wildman–Crippen LogP) is 0.903. The molecular weight excluding hydrogens is 258 g/mol. The van der Waals surface area contributed by atoms with Crippen LogP contribution in [0, 0.1) is 0 Å². The van der Waals surface area contributed by atoms with Crippen molar-refractivity contribution < 1.29 is 4.79 Å². The second-order valence-electron chi connectivity index (χ2n) is 4.94. The standard InChI is InChI=1S/C14H19N3OS/c1-16-5-7-17(8-6-16)14(18)12-4-2-3-11(9-12)10-13(15)19/h2-4,9H,5-8,10H2,1H3,(H2,15,19). The van der Waals surface area contributed by atoms with E-state index in [4.69, 9.17) is 18.0 Å². The quantitative estimate of drug-likeness (QED) is 0.834. The highest BCUT2D eigenvalue weighted by Gasteiger charge is 2.20. The molecule has 1 fully saturated rings. The van der Waals surface area contributed by atoms with Crippen molar-refractivity contribution in [2.45, 2.75) is 6.42 Å². The van der Waals surface area contributed by atoms with E-state index < -0.39 is 0 Å². The average Bonchev–Trinajstić information content (AvgIpc) is 2.38. The molecule has 0 aliphatic carbocycles. The lowest BCUT2D eigenvalue weighted by Gasteiger charge is -2.32. The van der Waals surface area contributed by atoms with Crippen LogP contribution in [0.3, 0.4) is 0 Å². The van der Waals surface area contributed by atoms with Crippen LogP contribution in [0.1, 0.15) is 15.9 Å². The van der Waals surface area contributed by atoms with E-state index in [2.05, 4.69) is 11.9 Å². The fraction of sp³-hybridized carbons (Fsp3) is 0.429. The Labute approximate surface area is 119 Å². The summed E-state index contributed by atoms with van der Waals surface area (Å²) in [5, 5.41) is 0. The number of thiocarbonyl (C=S) groups is 1. The summed E-state index contributed by atoms with van der Waals surface area (Å²) in [7, 11) is 2.07. The Balaban J connectivity index is 2.08. The van der Waals surface area contributed by atoms with Gasteiger partial charge in [-0.05, 0) is 24.7 Å². The molecule has 1 saturated heterocycles. The third kappa shape index (κ3) is 3.75. The second kappa shape index (κ2) is 6.12. The SMILES string of the molecule is CN1CCN(C(=O)c2cccc(CC(N)=S)c2)CC1. The fourth-order valence-corrected chi connectivity index (χ4v) is 2.37. The minimum Gasteiger partial charge on any atom is -0.393 e. The molecule has 0 saturated carbocycles. The topological polar surface area (TPSA) is 49.6 Å². The summed E-state index contributed by atoms with van der Waals surface area (Å²) in [6.07, 6.45) is 0.541. The normalized spacial score (nSPS) is 16.4. The number of amides is 1. The van der Waals surface area contributed by atoms with E-state index in [9.17, 15) is 4.79 Å². The van der Waals surface area contributed by atoms with Gasteiger partial charge in [-0.1, -0.05) is 24.4 Å². The third-order valence-electron chi connectivity index (χ3n) is 3.34. The first-order chi connectivity index (χ1) is 9.06. The van der Waals surface area contributed by atoms with Gasteiger partial charge in [-0.15, -0.1) is 0 Å². The van der Waals surface area contributed by atoms with Crippen molar-refractivity contribution in [3.63, 3.8) is 0 Å². The van der Waals surface area contributed by atoms with E-state index in [1.165, 1.54) is 0 Å². The van der Waals surface area contributed by atoms with Gasteiger partial charge >= 0.3 is 0 Å². The summed E-state index contributed by atoms with van der Waals surface area (Å²) < 4.78 is 0. The molecule has 1 heterocycles. The molecule has 19 heavy (non-hydrogen) atoms. The van der Waals surface area contributed by atoms with E-state index in [0.717, 1.165) is 37.3 Å². The molecule has 102 valence electrons. The second-order valence-corrected chi connectivity index (χ2v) is 5.46. The molecule has 0 bridgehead atoms. The number of carbonyl (C=O) groups is 1. The van der Waals surface area contributed by atoms with Crippen molar-refractivity contribution in [3.05, 3.63) is 35.4 Å². The van der Waals surface area contributed by atoms with Crippen LogP contribution < -0.4 is 5.73 Å². The third-order valence-corrected chi connectivity index (χ3v) is 3.49. The predicted molar refractivity (Wildman–Crippen MR) is 80.3 cm³/mol. The maximum Gasteiger partial charge on any atom is 0.253 e. The molecule has 0 radical (unpaired) electrons. The molecule has 1 aliphatic rings. The van der Waals surface area contributed by atoms with Gasteiger partial charge in [-0.2, -0.15) is 0 Å². The van der Waals surface area contributed by atoms with Crippen molar-refractivity contribution in [2.24, 2.45) is 5.73 Å². The van der Waals surface area contributed by atoms with Crippen LogP contribution in [0.2, 0.25) is 0 Å². The Morgan fingerprint density at radius 1 is 1.32 bits per heavy atom. The van der Waals surface area contributed by atoms with Crippen molar-refractivity contribution in [1.29, 1.82) is 0 Å². The first-order valence-electron chi connectivity index (χ1n) is 6.41. The molecule has 5 heteroatoms. The van der Waals surface area contributed by atoms with Gasteiger partial charge in [0.1, 0.15) is 0 Å². The van der Waals surface area contributed by atoms with Gasteiger partial charge in [0.25, 0.3) is 5.91 Å². The Kier molecular flexibility index (Phi) is 4.50. The van der Waals surface area contributed by atoms with Crippen molar-refractivity contribution in [1.82, 2.24) is 9.80 Å². The summed E-state index contributed by atoms with van der Waals surface area (Å²) in [5.41, 5.74) is 7.25. The summed E-state index contributed by atoms with van der Waals surface area (Å²) in [5.74, 6) is 0.0953. The number of piperazine rings is 1. The molecule has 2 N–H and O–H groups in total. The van der Waals surface area contributed by atoms with E-state index in [-0.39, 0.29) is 5.91 Å². The van der Waals surface area contributed by atoms with Gasteiger partial charge < -0.3 is 15.5 Å². The zero-order valence-electron chi connectivity index (χ0n) is 11.1. The molecule has 4 nitrogen and oxygen atoms in total. The Hall–Kier alpha value is -1.46. The van der Waals surface area contributed by atoms with Gasteiger partial charge in [-0.25, -0.2) is 0 Å². The summed E-state index contributed by atoms with van der Waals surface area (Å²) in [4.78, 5) is 17.0. The Bertz CT molecular complexity index is 481. The number of rotatable bonds is 3. The first kappa shape index (κ1) is 14.0. The molecule has 0 atom stereocenters. The number of benzene rings is 1. The number of nitrogens with two attached hydrogens (primary N) is 1. The van der Waals surface area contributed by atoms with Crippen molar-refractivity contribution in [2.75, 3.05) is 33.2 Å². The summed E-state index contributed by atoms with van der Waals surface area (Å²) in [6, 6.07) is 7.57. The molecule has 0 aromatic heterocycles. The lowest BCUT2D eigenvalue weighted by molar-refractivity contribution is 0.0664. The molecule has 1 aromatic carbocycles. The van der Waals surface area contributed by atoms with Crippen LogP contribution >= 0.6 is 12.2 Å². The highest BCUT2D eigenvalue weighted by Crippen LogP contribution is 2.11. The van der Waals surface area contributed by atoms with Gasteiger partial charge in [0.2, 0.25) is 0 Å². The van der Waals surface area contributed by atoms with E-state index >= 15 is 0 Å². The molecular formula is C14H19N3OS. The zero-order valence-corrected chi connectivity index (χ0v) is 11.9. The maximum atomic E-state index is 12.4. The maximum absolute atomic E-state index is 12.4. The fourth-order valence-electron chi connectivity index (χ4n) is 2.21. The number of likely N-dealkylation sites (N-methyl/N-ethyl adjacent to an activating group) is 1. The van der Waals surface area contributed by atoms with Gasteiger partial charge in [-0.3, -0.25) is 4.79 Å². The highest BCUT2D eigenvalue weighted by atomic mass is 32.1. The van der Waals surface area contributed by atoms with Crippen LogP contribution in [0.5, 0.6) is 0 Å². The average molecular weight is 277 g/mol. The lowest BCUT2D eigenvalue weighted by atomic mass is 10.1. The molecule has 0 unspecified atom stereocenters. The molecule has 1 aliphatic heterocycles.